The van der Waals surface area contributed by atoms with E-state index in [0.717, 1.165) is 0 Å². The molecule has 4 aromatic rings. The van der Waals surface area contributed by atoms with E-state index in [-0.39, 0.29) is 41.8 Å². The number of rotatable bonds is 9. The van der Waals surface area contributed by atoms with Crippen LogP contribution in [-0.2, 0) is 11.8 Å². The number of nitrogens with two attached hydrogens (primary N) is 2. The average molecular weight is 481 g/mol. The summed E-state index contributed by atoms with van der Waals surface area (Å²) >= 11 is 0. The second kappa shape index (κ2) is 9.89. The third-order valence-electron chi connectivity index (χ3n) is 5.10. The highest BCUT2D eigenvalue weighted by Gasteiger charge is 2.18. The summed E-state index contributed by atoms with van der Waals surface area (Å²) in [6, 6.07) is 6.04. The summed E-state index contributed by atoms with van der Waals surface area (Å²) in [7, 11) is 1.69. The van der Waals surface area contributed by atoms with Crippen molar-refractivity contribution in [3.8, 4) is 6.01 Å². The lowest BCUT2D eigenvalue weighted by Gasteiger charge is -2.14. The van der Waals surface area contributed by atoms with Crippen LogP contribution in [0.4, 0.5) is 15.8 Å². The minimum Gasteiger partial charge on any atom is -0.463 e. The number of hydrogen-bond donors (Lipinski definition) is 4. The molecule has 0 saturated carbocycles. The SMILES string of the molecule is C[C@@H](N)CNc1ccc(C(=O)Nc2cc(F)c3nn(C)cc3c2)c2nc(OCCC(N)=O)ncc12. The van der Waals surface area contributed by atoms with Gasteiger partial charge in [-0.1, -0.05) is 0 Å². The number of amides is 2. The average Bonchev–Trinajstić information content (AvgIpc) is 3.17. The highest BCUT2D eigenvalue weighted by Crippen LogP contribution is 2.28. The van der Waals surface area contributed by atoms with Crippen molar-refractivity contribution in [2.45, 2.75) is 19.4 Å². The highest BCUT2D eigenvalue weighted by atomic mass is 19.1. The van der Waals surface area contributed by atoms with Gasteiger partial charge in [0.1, 0.15) is 12.1 Å². The topological polar surface area (TPSA) is 163 Å². The van der Waals surface area contributed by atoms with Gasteiger partial charge in [-0.05, 0) is 31.2 Å². The largest absolute Gasteiger partial charge is 0.463 e. The molecule has 0 unspecified atom stereocenters. The van der Waals surface area contributed by atoms with Crippen molar-refractivity contribution < 1.29 is 18.7 Å². The Balaban J connectivity index is 1.69. The van der Waals surface area contributed by atoms with Crippen molar-refractivity contribution in [3.63, 3.8) is 0 Å². The van der Waals surface area contributed by atoms with Crippen LogP contribution < -0.4 is 26.8 Å². The van der Waals surface area contributed by atoms with E-state index in [1.807, 2.05) is 6.92 Å². The Morgan fingerprint density at radius 1 is 1.26 bits per heavy atom. The predicted molar refractivity (Wildman–Crippen MR) is 130 cm³/mol. The van der Waals surface area contributed by atoms with E-state index < -0.39 is 17.6 Å². The number of primary amides is 1. The maximum Gasteiger partial charge on any atom is 0.316 e. The molecule has 2 amide bonds. The van der Waals surface area contributed by atoms with E-state index in [2.05, 4.69) is 25.7 Å². The Morgan fingerprint density at radius 3 is 2.80 bits per heavy atom. The quantitative estimate of drug-likeness (QED) is 0.282. The van der Waals surface area contributed by atoms with Gasteiger partial charge in [0.2, 0.25) is 5.91 Å². The maximum absolute atomic E-state index is 14.5. The molecule has 0 aliphatic rings. The second-order valence-electron chi connectivity index (χ2n) is 8.15. The smallest absolute Gasteiger partial charge is 0.316 e. The maximum atomic E-state index is 14.5. The summed E-state index contributed by atoms with van der Waals surface area (Å²) in [5, 5.41) is 11.1. The Hall–Kier alpha value is -4.32. The zero-order valence-corrected chi connectivity index (χ0v) is 19.2. The van der Waals surface area contributed by atoms with Gasteiger partial charge >= 0.3 is 6.01 Å². The normalized spacial score (nSPS) is 12.0. The number of aromatic nitrogens is 4. The van der Waals surface area contributed by atoms with Gasteiger partial charge in [0.05, 0.1) is 17.5 Å². The van der Waals surface area contributed by atoms with Gasteiger partial charge in [0.15, 0.2) is 5.82 Å². The molecule has 2 aromatic carbocycles. The fourth-order valence-electron chi connectivity index (χ4n) is 3.51. The van der Waals surface area contributed by atoms with Crippen LogP contribution in [0.3, 0.4) is 0 Å². The van der Waals surface area contributed by atoms with Crippen LogP contribution in [0.1, 0.15) is 23.7 Å². The van der Waals surface area contributed by atoms with Crippen molar-refractivity contribution in [1.82, 2.24) is 19.7 Å². The first-order chi connectivity index (χ1) is 16.7. The van der Waals surface area contributed by atoms with Gasteiger partial charge in [-0.3, -0.25) is 14.3 Å². The van der Waals surface area contributed by atoms with Gasteiger partial charge < -0.3 is 26.8 Å². The number of halogens is 1. The number of hydrogen-bond acceptors (Lipinski definition) is 8. The van der Waals surface area contributed by atoms with E-state index in [9.17, 15) is 14.0 Å². The van der Waals surface area contributed by atoms with Crippen molar-refractivity contribution in [3.05, 3.63) is 48.0 Å². The summed E-state index contributed by atoms with van der Waals surface area (Å²) in [6.07, 6.45) is 3.17. The molecule has 182 valence electrons. The summed E-state index contributed by atoms with van der Waals surface area (Å²) in [5.74, 6) is -1.57. The number of benzene rings is 2. The molecule has 0 fully saturated rings. The first kappa shape index (κ1) is 23.8. The van der Waals surface area contributed by atoms with Gasteiger partial charge in [0, 0.05) is 54.2 Å². The van der Waals surface area contributed by atoms with Crippen molar-refractivity contribution >= 4 is 45.0 Å². The molecule has 0 saturated heterocycles. The molecular formula is C23H25FN8O3. The first-order valence-corrected chi connectivity index (χ1v) is 10.9. The van der Waals surface area contributed by atoms with Crippen LogP contribution in [0.5, 0.6) is 6.01 Å². The Bertz CT molecular complexity index is 1420. The standard InChI is InChI=1S/C23H25FN8O3/c1-12(25)9-27-18-4-3-15(21-16(18)10-28-23(30-21)35-6-5-19(26)33)22(34)29-14-7-13-11-32(2)31-20(13)17(24)8-14/h3-4,7-8,10-12,27H,5-6,9,25H2,1-2H3,(H2,26,33)(H,29,34)/t12-/m1/s1. The van der Waals surface area contributed by atoms with Crippen LogP contribution in [0.15, 0.2) is 36.7 Å². The molecule has 0 spiro atoms. The van der Waals surface area contributed by atoms with E-state index in [4.69, 9.17) is 16.2 Å². The first-order valence-electron chi connectivity index (χ1n) is 10.9. The molecule has 2 heterocycles. The molecule has 0 radical (unpaired) electrons. The van der Waals surface area contributed by atoms with Crippen LogP contribution >= 0.6 is 0 Å². The minimum atomic E-state index is -0.550. The van der Waals surface area contributed by atoms with Crippen molar-refractivity contribution in [2.24, 2.45) is 18.5 Å². The Morgan fingerprint density at radius 2 is 2.06 bits per heavy atom. The highest BCUT2D eigenvalue weighted by molar-refractivity contribution is 6.14. The lowest BCUT2D eigenvalue weighted by molar-refractivity contribution is -0.118. The summed E-state index contributed by atoms with van der Waals surface area (Å²) in [4.78, 5) is 32.8. The van der Waals surface area contributed by atoms with Gasteiger partial charge in [0.25, 0.3) is 5.91 Å². The molecule has 6 N–H and O–H groups in total. The molecule has 0 bridgehead atoms. The van der Waals surface area contributed by atoms with Gasteiger partial charge in [-0.25, -0.2) is 9.37 Å². The molecule has 35 heavy (non-hydrogen) atoms. The third kappa shape index (κ3) is 5.44. The third-order valence-corrected chi connectivity index (χ3v) is 5.10. The molecule has 0 aliphatic carbocycles. The van der Waals surface area contributed by atoms with Crippen LogP contribution in [0.25, 0.3) is 21.8 Å². The minimum absolute atomic E-state index is 0.00456. The Kier molecular flexibility index (Phi) is 6.73. The lowest BCUT2D eigenvalue weighted by atomic mass is 10.1. The number of nitrogens with one attached hydrogen (secondary N) is 2. The molecular weight excluding hydrogens is 455 g/mol. The number of nitrogens with zero attached hydrogens (tertiary/aromatic N) is 4. The second-order valence-corrected chi connectivity index (χ2v) is 8.15. The summed E-state index contributed by atoms with van der Waals surface area (Å²) in [6.45, 7) is 2.34. The monoisotopic (exact) mass is 480 g/mol. The zero-order chi connectivity index (χ0) is 25.1. The van der Waals surface area contributed by atoms with E-state index in [0.29, 0.717) is 28.5 Å². The Labute approximate surface area is 199 Å². The van der Waals surface area contributed by atoms with E-state index in [1.165, 1.54) is 16.9 Å². The fraction of sp³-hybridized carbons (Fsp3) is 0.261. The van der Waals surface area contributed by atoms with E-state index in [1.54, 1.807) is 31.4 Å². The molecule has 0 aliphatic heterocycles. The molecule has 12 heteroatoms. The molecule has 11 nitrogen and oxygen atoms in total. The molecule has 1 atom stereocenters. The van der Waals surface area contributed by atoms with Crippen molar-refractivity contribution in [2.75, 3.05) is 23.8 Å². The van der Waals surface area contributed by atoms with Crippen LogP contribution in [0.2, 0.25) is 0 Å². The fourth-order valence-corrected chi connectivity index (χ4v) is 3.51. The number of fused-ring (bicyclic) bond motifs is 2. The zero-order valence-electron chi connectivity index (χ0n) is 19.2. The van der Waals surface area contributed by atoms with Gasteiger partial charge in [-0.15, -0.1) is 0 Å². The number of anilines is 2. The number of carbonyl (C=O) groups excluding carboxylic acids is 2. The van der Waals surface area contributed by atoms with Crippen LogP contribution in [0, 0.1) is 5.82 Å². The van der Waals surface area contributed by atoms with Crippen LogP contribution in [-0.4, -0.2) is 50.8 Å². The number of ether oxygens (including phenoxy) is 1. The number of carbonyl (C=O) groups is 2. The predicted octanol–water partition coefficient (Wildman–Crippen LogP) is 1.92. The number of aryl methyl sites for hydroxylation is 1. The molecule has 4 rings (SSSR count). The lowest BCUT2D eigenvalue weighted by Crippen LogP contribution is -2.25. The van der Waals surface area contributed by atoms with E-state index >= 15 is 0 Å². The summed E-state index contributed by atoms with van der Waals surface area (Å²) in [5.41, 5.74) is 12.7. The van der Waals surface area contributed by atoms with Crippen molar-refractivity contribution in [1.29, 1.82) is 0 Å². The molecule has 2 aromatic heterocycles. The summed E-state index contributed by atoms with van der Waals surface area (Å²) < 4.78 is 21.4. The van der Waals surface area contributed by atoms with Gasteiger partial charge in [-0.2, -0.15) is 10.1 Å².